The smallest absolute Gasteiger partial charge is 0.229 e. The highest BCUT2D eigenvalue weighted by Crippen LogP contribution is 2.25. The van der Waals surface area contributed by atoms with Gasteiger partial charge in [0.2, 0.25) is 5.95 Å². The monoisotopic (exact) mass is 374 g/mol. The van der Waals surface area contributed by atoms with Crippen molar-refractivity contribution in [1.82, 2.24) is 9.97 Å². The second-order valence-electron chi connectivity index (χ2n) is 6.66. The SMILES string of the molecule is CC(=O)c1ccc(Nc2nc(-c3ccccc3)cc(N3CCOCC3)n2)cc1. The van der Waals surface area contributed by atoms with Crippen LogP contribution < -0.4 is 10.2 Å². The van der Waals surface area contributed by atoms with Gasteiger partial charge in [-0.25, -0.2) is 4.98 Å². The van der Waals surface area contributed by atoms with Crippen LogP contribution in [0.5, 0.6) is 0 Å². The molecule has 6 nitrogen and oxygen atoms in total. The largest absolute Gasteiger partial charge is 0.378 e. The molecule has 1 N–H and O–H groups in total. The number of nitrogens with one attached hydrogen (secondary N) is 1. The molecular formula is C22H22N4O2. The lowest BCUT2D eigenvalue weighted by atomic mass is 10.1. The molecule has 1 fully saturated rings. The number of nitrogens with zero attached hydrogens (tertiary/aromatic N) is 3. The number of carbonyl (C=O) groups is 1. The van der Waals surface area contributed by atoms with Crippen LogP contribution in [0.4, 0.5) is 17.5 Å². The fourth-order valence-corrected chi connectivity index (χ4v) is 3.12. The molecule has 142 valence electrons. The van der Waals surface area contributed by atoms with Crippen molar-refractivity contribution in [2.75, 3.05) is 36.5 Å². The van der Waals surface area contributed by atoms with Crippen LogP contribution in [0.3, 0.4) is 0 Å². The van der Waals surface area contributed by atoms with Crippen LogP contribution in [0, 0.1) is 0 Å². The molecule has 2 heterocycles. The summed E-state index contributed by atoms with van der Waals surface area (Å²) in [5.74, 6) is 1.45. The number of hydrogen-bond donors (Lipinski definition) is 1. The van der Waals surface area contributed by atoms with Gasteiger partial charge in [-0.2, -0.15) is 4.98 Å². The second-order valence-corrected chi connectivity index (χ2v) is 6.66. The highest BCUT2D eigenvalue weighted by Gasteiger charge is 2.16. The Bertz CT molecular complexity index is 952. The molecule has 4 rings (SSSR count). The summed E-state index contributed by atoms with van der Waals surface area (Å²) in [7, 11) is 0. The fourth-order valence-electron chi connectivity index (χ4n) is 3.12. The van der Waals surface area contributed by atoms with E-state index in [0.29, 0.717) is 24.7 Å². The Kier molecular flexibility index (Phi) is 5.30. The van der Waals surface area contributed by atoms with Crippen molar-refractivity contribution in [3.05, 3.63) is 66.2 Å². The summed E-state index contributed by atoms with van der Waals surface area (Å²) in [5, 5.41) is 3.27. The highest BCUT2D eigenvalue weighted by molar-refractivity contribution is 5.94. The van der Waals surface area contributed by atoms with Gasteiger partial charge in [-0.15, -0.1) is 0 Å². The number of Topliss-reactive ketones (excluding diaryl/α,β-unsaturated/α-hetero) is 1. The molecule has 0 saturated carbocycles. The lowest BCUT2D eigenvalue weighted by Gasteiger charge is -2.28. The number of anilines is 3. The van der Waals surface area contributed by atoms with E-state index in [4.69, 9.17) is 14.7 Å². The molecule has 0 spiro atoms. The maximum absolute atomic E-state index is 11.5. The van der Waals surface area contributed by atoms with Crippen molar-refractivity contribution in [1.29, 1.82) is 0 Å². The number of benzene rings is 2. The zero-order valence-electron chi connectivity index (χ0n) is 15.8. The summed E-state index contributed by atoms with van der Waals surface area (Å²) >= 11 is 0. The Labute approximate surface area is 164 Å². The van der Waals surface area contributed by atoms with Gasteiger partial charge in [0.25, 0.3) is 0 Å². The van der Waals surface area contributed by atoms with Crippen molar-refractivity contribution in [2.45, 2.75) is 6.92 Å². The maximum atomic E-state index is 11.5. The van der Waals surface area contributed by atoms with E-state index in [1.54, 1.807) is 19.1 Å². The molecule has 0 bridgehead atoms. The molecular weight excluding hydrogens is 352 g/mol. The number of morpholine rings is 1. The topological polar surface area (TPSA) is 67.4 Å². The molecule has 1 aliphatic rings. The van der Waals surface area contributed by atoms with Gasteiger partial charge in [0, 0.05) is 36.0 Å². The van der Waals surface area contributed by atoms with Crippen LogP contribution in [-0.4, -0.2) is 42.1 Å². The van der Waals surface area contributed by atoms with E-state index >= 15 is 0 Å². The molecule has 0 amide bonds. The number of ether oxygens (including phenoxy) is 1. The predicted octanol–water partition coefficient (Wildman–Crippen LogP) is 3.93. The number of rotatable bonds is 5. The van der Waals surface area contributed by atoms with E-state index in [2.05, 4.69) is 10.2 Å². The van der Waals surface area contributed by atoms with Crippen LogP contribution in [-0.2, 0) is 4.74 Å². The Hall–Kier alpha value is -3.25. The van der Waals surface area contributed by atoms with Crippen molar-refractivity contribution in [2.24, 2.45) is 0 Å². The molecule has 1 aromatic heterocycles. The minimum absolute atomic E-state index is 0.0449. The zero-order chi connectivity index (χ0) is 19.3. The molecule has 0 unspecified atom stereocenters. The standard InChI is InChI=1S/C22H22N4O2/c1-16(27)17-7-9-19(10-8-17)23-22-24-20(18-5-3-2-4-6-18)15-21(25-22)26-11-13-28-14-12-26/h2-10,15H,11-14H2,1H3,(H,23,24,25). The lowest BCUT2D eigenvalue weighted by molar-refractivity contribution is 0.101. The van der Waals surface area contributed by atoms with Crippen LogP contribution >= 0.6 is 0 Å². The van der Waals surface area contributed by atoms with Crippen LogP contribution in [0.15, 0.2) is 60.7 Å². The van der Waals surface area contributed by atoms with Gasteiger partial charge in [-0.1, -0.05) is 30.3 Å². The molecule has 1 saturated heterocycles. The molecule has 2 aromatic carbocycles. The molecule has 1 aliphatic heterocycles. The summed E-state index contributed by atoms with van der Waals surface area (Å²) in [6.45, 7) is 4.55. The molecule has 28 heavy (non-hydrogen) atoms. The Morgan fingerprint density at radius 2 is 1.71 bits per heavy atom. The van der Waals surface area contributed by atoms with Crippen LogP contribution in [0.1, 0.15) is 17.3 Å². The first-order valence-electron chi connectivity index (χ1n) is 9.34. The molecule has 3 aromatic rings. The van der Waals surface area contributed by atoms with E-state index in [1.165, 1.54) is 0 Å². The van der Waals surface area contributed by atoms with Gasteiger partial charge in [0.1, 0.15) is 5.82 Å². The van der Waals surface area contributed by atoms with E-state index in [1.807, 2.05) is 48.5 Å². The molecule has 0 aliphatic carbocycles. The average Bonchev–Trinajstić information content (AvgIpc) is 2.75. The van der Waals surface area contributed by atoms with Crippen molar-refractivity contribution in [3.63, 3.8) is 0 Å². The molecule has 0 atom stereocenters. The van der Waals surface area contributed by atoms with Gasteiger partial charge < -0.3 is 15.0 Å². The van der Waals surface area contributed by atoms with Gasteiger partial charge in [0.05, 0.1) is 18.9 Å². The summed E-state index contributed by atoms with van der Waals surface area (Å²) in [4.78, 5) is 23.1. The first-order valence-corrected chi connectivity index (χ1v) is 9.34. The molecule has 6 heteroatoms. The summed E-state index contributed by atoms with van der Waals surface area (Å²) in [6.07, 6.45) is 0. The fraction of sp³-hybridized carbons (Fsp3) is 0.227. The second kappa shape index (κ2) is 8.19. The maximum Gasteiger partial charge on any atom is 0.229 e. The van der Waals surface area contributed by atoms with Crippen LogP contribution in [0.2, 0.25) is 0 Å². The highest BCUT2D eigenvalue weighted by atomic mass is 16.5. The van der Waals surface area contributed by atoms with Gasteiger partial charge in [-0.05, 0) is 31.2 Å². The first kappa shape index (κ1) is 18.1. The number of aromatic nitrogens is 2. The summed E-state index contributed by atoms with van der Waals surface area (Å²) in [5.41, 5.74) is 3.41. The number of ketones is 1. The molecule has 0 radical (unpaired) electrons. The Morgan fingerprint density at radius 3 is 2.39 bits per heavy atom. The minimum atomic E-state index is 0.0449. The summed E-state index contributed by atoms with van der Waals surface area (Å²) in [6, 6.07) is 19.4. The average molecular weight is 374 g/mol. The zero-order valence-corrected chi connectivity index (χ0v) is 15.8. The normalized spacial score (nSPS) is 14.0. The van der Waals surface area contributed by atoms with Crippen molar-refractivity contribution in [3.8, 4) is 11.3 Å². The first-order chi connectivity index (χ1) is 13.7. The van der Waals surface area contributed by atoms with Crippen LogP contribution in [0.25, 0.3) is 11.3 Å². The van der Waals surface area contributed by atoms with Gasteiger partial charge >= 0.3 is 0 Å². The van der Waals surface area contributed by atoms with Gasteiger partial charge in [-0.3, -0.25) is 4.79 Å². The van der Waals surface area contributed by atoms with Crippen molar-refractivity contribution >= 4 is 23.2 Å². The quantitative estimate of drug-likeness (QED) is 0.683. The number of carbonyl (C=O) groups excluding carboxylic acids is 1. The van der Waals surface area contributed by atoms with Gasteiger partial charge in [0.15, 0.2) is 5.78 Å². The third-order valence-corrected chi connectivity index (χ3v) is 4.66. The predicted molar refractivity (Wildman–Crippen MR) is 110 cm³/mol. The van der Waals surface area contributed by atoms with E-state index in [0.717, 1.165) is 35.9 Å². The van der Waals surface area contributed by atoms with E-state index < -0.39 is 0 Å². The lowest BCUT2D eigenvalue weighted by Crippen LogP contribution is -2.36. The third kappa shape index (κ3) is 4.18. The van der Waals surface area contributed by atoms with E-state index in [-0.39, 0.29) is 5.78 Å². The van der Waals surface area contributed by atoms with Crippen molar-refractivity contribution < 1.29 is 9.53 Å². The number of hydrogen-bond acceptors (Lipinski definition) is 6. The Balaban J connectivity index is 1.67. The third-order valence-electron chi connectivity index (χ3n) is 4.66. The Morgan fingerprint density at radius 1 is 1.00 bits per heavy atom. The summed E-state index contributed by atoms with van der Waals surface area (Å²) < 4.78 is 5.46. The van der Waals surface area contributed by atoms with E-state index in [9.17, 15) is 4.79 Å². The minimum Gasteiger partial charge on any atom is -0.378 e.